The van der Waals surface area contributed by atoms with Gasteiger partial charge in [0.25, 0.3) is 0 Å². The fourth-order valence-electron chi connectivity index (χ4n) is 2.62. The highest BCUT2D eigenvalue weighted by atomic mass is 16.4. The minimum atomic E-state index is -1.03. The Morgan fingerprint density at radius 3 is 1.19 bits per heavy atom. The van der Waals surface area contributed by atoms with E-state index in [4.69, 9.17) is 10.2 Å². The van der Waals surface area contributed by atoms with Gasteiger partial charge in [-0.15, -0.1) is 0 Å². The third-order valence-electron chi connectivity index (χ3n) is 4.31. The summed E-state index contributed by atoms with van der Waals surface area (Å²) in [5.74, 6) is -2.92. The van der Waals surface area contributed by atoms with Crippen molar-refractivity contribution in [3.63, 3.8) is 0 Å². The van der Waals surface area contributed by atoms with E-state index in [0.717, 1.165) is 19.3 Å². The van der Waals surface area contributed by atoms with Crippen LogP contribution in [-0.2, 0) is 19.2 Å². The fourth-order valence-corrected chi connectivity index (χ4v) is 2.62. The van der Waals surface area contributed by atoms with Crippen LogP contribution in [0.2, 0.25) is 0 Å². The molecule has 0 unspecified atom stereocenters. The third-order valence-corrected chi connectivity index (χ3v) is 4.31. The number of nitrogens with one attached hydrogen (secondary N) is 2. The van der Waals surface area contributed by atoms with E-state index in [0.29, 0.717) is 12.8 Å². The predicted octanol–water partition coefficient (Wildman–Crippen LogP) is 2.17. The van der Waals surface area contributed by atoms with Gasteiger partial charge >= 0.3 is 11.9 Å². The Labute approximate surface area is 161 Å². The molecule has 0 saturated heterocycles. The van der Waals surface area contributed by atoms with Gasteiger partial charge in [0.05, 0.1) is 0 Å². The molecule has 0 aliphatic carbocycles. The van der Waals surface area contributed by atoms with E-state index in [9.17, 15) is 19.2 Å². The molecular formula is C19H34N2O6. The topological polar surface area (TPSA) is 133 Å². The van der Waals surface area contributed by atoms with Crippen molar-refractivity contribution in [1.82, 2.24) is 10.6 Å². The van der Waals surface area contributed by atoms with Crippen molar-refractivity contribution < 1.29 is 29.4 Å². The van der Waals surface area contributed by atoms with Crippen molar-refractivity contribution in [2.24, 2.45) is 11.8 Å². The Bertz CT molecular complexity index is 460. The minimum absolute atomic E-state index is 0.172. The number of unbranched alkanes of at least 4 members (excludes halogenated alkanes) is 4. The Morgan fingerprint density at radius 2 is 0.926 bits per heavy atom. The first-order valence-corrected chi connectivity index (χ1v) is 9.60. The Morgan fingerprint density at radius 1 is 0.630 bits per heavy atom. The van der Waals surface area contributed by atoms with Crippen LogP contribution in [0.15, 0.2) is 0 Å². The molecule has 0 aromatic heterocycles. The zero-order valence-corrected chi connectivity index (χ0v) is 16.8. The van der Waals surface area contributed by atoms with Gasteiger partial charge in [-0.05, 0) is 24.7 Å². The number of rotatable bonds is 14. The second-order valence-corrected chi connectivity index (χ2v) is 7.52. The lowest BCUT2D eigenvalue weighted by molar-refractivity contribution is -0.143. The summed E-state index contributed by atoms with van der Waals surface area (Å²) in [4.78, 5) is 45.6. The van der Waals surface area contributed by atoms with Crippen LogP contribution in [0.3, 0.4) is 0 Å². The van der Waals surface area contributed by atoms with Crippen molar-refractivity contribution in [2.45, 2.75) is 84.7 Å². The molecule has 0 spiro atoms. The number of carboxylic acid groups (broad SMARTS) is 2. The molecule has 0 rings (SSSR count). The highest BCUT2D eigenvalue weighted by Gasteiger charge is 2.23. The van der Waals surface area contributed by atoms with E-state index in [-0.39, 0.29) is 36.5 Å². The zero-order valence-electron chi connectivity index (χ0n) is 16.8. The standard InChI is InChI=1S/C19H34N2O6/c1-12(2)16(18(24)25)20-14(22)10-8-6-5-7-9-11-15(23)21-17(13(3)4)19(26)27/h12-13,16-17H,5-11H2,1-4H3,(H,20,22)(H,21,23)(H,24,25)(H,26,27)/t16-,17-/m0/s1. The molecule has 2 atom stereocenters. The van der Waals surface area contributed by atoms with E-state index in [1.165, 1.54) is 0 Å². The number of carbonyl (C=O) groups is 4. The predicted molar refractivity (Wildman–Crippen MR) is 101 cm³/mol. The van der Waals surface area contributed by atoms with Crippen molar-refractivity contribution in [3.05, 3.63) is 0 Å². The largest absolute Gasteiger partial charge is 0.480 e. The second-order valence-electron chi connectivity index (χ2n) is 7.52. The summed E-state index contributed by atoms with van der Waals surface area (Å²) >= 11 is 0. The lowest BCUT2D eigenvalue weighted by Gasteiger charge is -2.18. The van der Waals surface area contributed by atoms with Gasteiger partial charge in [-0.2, -0.15) is 0 Å². The quantitative estimate of drug-likeness (QED) is 0.338. The summed E-state index contributed by atoms with van der Waals surface area (Å²) in [5, 5.41) is 23.1. The van der Waals surface area contributed by atoms with Crippen molar-refractivity contribution in [2.75, 3.05) is 0 Å². The van der Waals surface area contributed by atoms with E-state index >= 15 is 0 Å². The maximum atomic E-state index is 11.8. The summed E-state index contributed by atoms with van der Waals surface area (Å²) in [7, 11) is 0. The molecular weight excluding hydrogens is 352 g/mol. The zero-order chi connectivity index (χ0) is 21.0. The van der Waals surface area contributed by atoms with E-state index in [1.54, 1.807) is 27.7 Å². The van der Waals surface area contributed by atoms with Gasteiger partial charge in [0, 0.05) is 12.8 Å². The highest BCUT2D eigenvalue weighted by molar-refractivity contribution is 5.84. The first-order valence-electron chi connectivity index (χ1n) is 9.60. The molecule has 0 fully saturated rings. The lowest BCUT2D eigenvalue weighted by atomic mass is 10.0. The maximum absolute atomic E-state index is 11.8. The third kappa shape index (κ3) is 11.2. The Balaban J connectivity index is 3.86. The maximum Gasteiger partial charge on any atom is 0.326 e. The van der Waals surface area contributed by atoms with Gasteiger partial charge in [0.2, 0.25) is 11.8 Å². The van der Waals surface area contributed by atoms with Crippen LogP contribution in [0.25, 0.3) is 0 Å². The average molecular weight is 386 g/mol. The number of aliphatic carboxylic acids is 2. The van der Waals surface area contributed by atoms with Crippen LogP contribution in [0.1, 0.15) is 72.6 Å². The second kappa shape index (κ2) is 13.1. The van der Waals surface area contributed by atoms with Crippen LogP contribution in [0.4, 0.5) is 0 Å². The molecule has 0 aromatic carbocycles. The monoisotopic (exact) mass is 386 g/mol. The smallest absolute Gasteiger partial charge is 0.326 e. The van der Waals surface area contributed by atoms with E-state index < -0.39 is 24.0 Å². The van der Waals surface area contributed by atoms with Crippen molar-refractivity contribution in [1.29, 1.82) is 0 Å². The Hall–Kier alpha value is -2.12. The molecule has 4 N–H and O–H groups in total. The molecule has 2 amide bonds. The van der Waals surface area contributed by atoms with Crippen LogP contribution in [0.5, 0.6) is 0 Å². The minimum Gasteiger partial charge on any atom is -0.480 e. The van der Waals surface area contributed by atoms with Gasteiger partial charge in [-0.3, -0.25) is 9.59 Å². The number of hydrogen-bond donors (Lipinski definition) is 4. The van der Waals surface area contributed by atoms with Crippen molar-refractivity contribution in [3.8, 4) is 0 Å². The average Bonchev–Trinajstić information content (AvgIpc) is 2.55. The summed E-state index contributed by atoms with van der Waals surface area (Å²) in [6.45, 7) is 6.98. The summed E-state index contributed by atoms with van der Waals surface area (Å²) in [6.07, 6.45) is 4.39. The van der Waals surface area contributed by atoms with Gasteiger partial charge in [0.15, 0.2) is 0 Å². The molecule has 8 nitrogen and oxygen atoms in total. The summed E-state index contributed by atoms with van der Waals surface area (Å²) in [5.41, 5.74) is 0. The summed E-state index contributed by atoms with van der Waals surface area (Å²) < 4.78 is 0. The molecule has 0 aliphatic heterocycles. The van der Waals surface area contributed by atoms with E-state index in [2.05, 4.69) is 10.6 Å². The molecule has 0 radical (unpaired) electrons. The van der Waals surface area contributed by atoms with Crippen LogP contribution < -0.4 is 10.6 Å². The number of hydrogen-bond acceptors (Lipinski definition) is 4. The van der Waals surface area contributed by atoms with Gasteiger partial charge < -0.3 is 20.8 Å². The molecule has 156 valence electrons. The number of carbonyl (C=O) groups excluding carboxylic acids is 2. The first kappa shape index (κ1) is 24.9. The molecule has 0 bridgehead atoms. The first-order chi connectivity index (χ1) is 12.6. The Kier molecular flexibility index (Phi) is 12.1. The van der Waals surface area contributed by atoms with Crippen LogP contribution in [0, 0.1) is 11.8 Å². The van der Waals surface area contributed by atoms with Gasteiger partial charge in [-0.1, -0.05) is 47.0 Å². The van der Waals surface area contributed by atoms with Gasteiger partial charge in [0.1, 0.15) is 12.1 Å². The van der Waals surface area contributed by atoms with Crippen LogP contribution in [-0.4, -0.2) is 46.0 Å². The molecule has 8 heteroatoms. The molecule has 27 heavy (non-hydrogen) atoms. The lowest BCUT2D eigenvalue weighted by Crippen LogP contribution is -2.44. The highest BCUT2D eigenvalue weighted by Crippen LogP contribution is 2.09. The fraction of sp³-hybridized carbons (Fsp3) is 0.789. The molecule has 0 saturated carbocycles. The molecule has 0 aromatic rings. The number of amides is 2. The van der Waals surface area contributed by atoms with Gasteiger partial charge in [-0.25, -0.2) is 9.59 Å². The molecule has 0 heterocycles. The van der Waals surface area contributed by atoms with Crippen molar-refractivity contribution >= 4 is 23.8 Å². The summed E-state index contributed by atoms with van der Waals surface area (Å²) in [6, 6.07) is -1.73. The molecule has 0 aliphatic rings. The van der Waals surface area contributed by atoms with E-state index in [1.807, 2.05) is 0 Å². The SMILES string of the molecule is CC(C)[C@H](NC(=O)CCCCCCCC(=O)N[C@H](C(=O)O)C(C)C)C(=O)O. The number of carboxylic acids is 2. The normalized spacial score (nSPS) is 13.3. The van der Waals surface area contributed by atoms with Crippen LogP contribution >= 0.6 is 0 Å².